The van der Waals surface area contributed by atoms with E-state index < -0.39 is 11.8 Å². The van der Waals surface area contributed by atoms with Crippen molar-refractivity contribution in [2.24, 2.45) is 0 Å². The van der Waals surface area contributed by atoms with Gasteiger partial charge in [0, 0.05) is 0 Å². The number of nitrogens with one attached hydrogen (secondary N) is 1. The first-order chi connectivity index (χ1) is 10.1. The number of pyridine rings is 1. The first-order valence-corrected chi connectivity index (χ1v) is 6.88. The number of hydrogen-bond acceptors (Lipinski definition) is 3. The molecule has 0 saturated heterocycles. The lowest BCUT2D eigenvalue weighted by molar-refractivity contribution is 0.0697. The van der Waals surface area contributed by atoms with Crippen molar-refractivity contribution in [1.29, 1.82) is 0 Å². The van der Waals surface area contributed by atoms with E-state index in [2.05, 4.69) is 16.4 Å². The molecule has 0 spiro atoms. The van der Waals surface area contributed by atoms with Gasteiger partial charge in [-0.15, -0.1) is 0 Å². The van der Waals surface area contributed by atoms with Gasteiger partial charge < -0.3 is 10.4 Å². The third-order valence-electron chi connectivity index (χ3n) is 3.77. The first kappa shape index (κ1) is 13.5. The molecule has 0 bridgehead atoms. The number of hydrogen-bond donors (Lipinski definition) is 2. The molecule has 1 aliphatic carbocycles. The van der Waals surface area contributed by atoms with Crippen molar-refractivity contribution >= 4 is 11.8 Å². The molecule has 1 heterocycles. The summed E-state index contributed by atoms with van der Waals surface area (Å²) in [6, 6.07) is 9.09. The van der Waals surface area contributed by atoms with Crippen molar-refractivity contribution in [3.05, 3.63) is 59.0 Å². The van der Waals surface area contributed by atoms with Crippen LogP contribution in [0.4, 0.5) is 10.2 Å². The van der Waals surface area contributed by atoms with Crippen molar-refractivity contribution in [2.45, 2.75) is 25.3 Å². The minimum atomic E-state index is -1.19. The fraction of sp³-hybridized carbons (Fsp3) is 0.250. The zero-order chi connectivity index (χ0) is 14.8. The first-order valence-electron chi connectivity index (χ1n) is 6.88. The maximum Gasteiger partial charge on any atom is 0.339 e. The van der Waals surface area contributed by atoms with E-state index in [0.29, 0.717) is 0 Å². The van der Waals surface area contributed by atoms with Gasteiger partial charge in [0.1, 0.15) is 17.2 Å². The molecule has 2 N–H and O–H groups in total. The van der Waals surface area contributed by atoms with Crippen LogP contribution in [0, 0.1) is 5.82 Å². The zero-order valence-corrected chi connectivity index (χ0v) is 11.3. The van der Waals surface area contributed by atoms with Crippen molar-refractivity contribution in [1.82, 2.24) is 4.98 Å². The van der Waals surface area contributed by atoms with Gasteiger partial charge in [-0.3, -0.25) is 0 Å². The predicted octanol–water partition coefficient (Wildman–Crippen LogP) is 3.41. The average molecular weight is 286 g/mol. The molecule has 1 aromatic heterocycles. The third kappa shape index (κ3) is 2.72. The smallest absolute Gasteiger partial charge is 0.339 e. The molecule has 1 unspecified atom stereocenters. The third-order valence-corrected chi connectivity index (χ3v) is 3.77. The Morgan fingerprint density at radius 1 is 1.38 bits per heavy atom. The van der Waals surface area contributed by atoms with Crippen molar-refractivity contribution < 1.29 is 14.3 Å². The van der Waals surface area contributed by atoms with E-state index in [4.69, 9.17) is 5.11 Å². The fourth-order valence-electron chi connectivity index (χ4n) is 2.79. The minimum absolute atomic E-state index is 0.00557. The van der Waals surface area contributed by atoms with Crippen molar-refractivity contribution in [3.8, 4) is 0 Å². The van der Waals surface area contributed by atoms with Crippen LogP contribution >= 0.6 is 0 Å². The average Bonchev–Trinajstić information content (AvgIpc) is 2.49. The second-order valence-electron chi connectivity index (χ2n) is 5.14. The van der Waals surface area contributed by atoms with E-state index in [0.717, 1.165) is 37.1 Å². The SMILES string of the molecule is O=C(O)c1cc(F)cnc1NC1CCCc2ccccc21. The minimum Gasteiger partial charge on any atom is -0.478 e. The van der Waals surface area contributed by atoms with Gasteiger partial charge in [0.05, 0.1) is 12.2 Å². The standard InChI is InChI=1S/C16H15FN2O2/c17-11-8-13(16(20)21)15(18-9-11)19-14-7-3-5-10-4-1-2-6-12(10)14/h1-2,4,6,8-9,14H,3,5,7H2,(H,18,19)(H,20,21). The van der Waals surface area contributed by atoms with Gasteiger partial charge in [-0.2, -0.15) is 0 Å². The number of halogens is 1. The van der Waals surface area contributed by atoms with Gasteiger partial charge >= 0.3 is 5.97 Å². The quantitative estimate of drug-likeness (QED) is 0.907. The van der Waals surface area contributed by atoms with Crippen molar-refractivity contribution in [2.75, 3.05) is 5.32 Å². The lowest BCUT2D eigenvalue weighted by Gasteiger charge is -2.27. The van der Waals surface area contributed by atoms with Crippen LogP contribution in [0.5, 0.6) is 0 Å². The lowest BCUT2D eigenvalue weighted by atomic mass is 9.87. The number of rotatable bonds is 3. The number of aromatic carboxylic acids is 1. The van der Waals surface area contributed by atoms with Gasteiger partial charge in [-0.05, 0) is 36.5 Å². The van der Waals surface area contributed by atoms with Gasteiger partial charge in [0.15, 0.2) is 0 Å². The number of aromatic nitrogens is 1. The number of benzene rings is 1. The normalized spacial score (nSPS) is 17.1. The summed E-state index contributed by atoms with van der Waals surface area (Å²) in [4.78, 5) is 15.1. The maximum absolute atomic E-state index is 13.2. The molecule has 4 nitrogen and oxygen atoms in total. The highest BCUT2D eigenvalue weighted by Crippen LogP contribution is 2.32. The number of carbonyl (C=O) groups is 1. The molecule has 0 aliphatic heterocycles. The molecule has 108 valence electrons. The van der Waals surface area contributed by atoms with Crippen LogP contribution in [0.15, 0.2) is 36.5 Å². The summed E-state index contributed by atoms with van der Waals surface area (Å²) in [6.07, 6.45) is 3.98. The highest BCUT2D eigenvalue weighted by atomic mass is 19.1. The molecule has 1 aromatic carbocycles. The Morgan fingerprint density at radius 2 is 2.19 bits per heavy atom. The Morgan fingerprint density at radius 3 is 3.00 bits per heavy atom. The molecule has 1 atom stereocenters. The number of aryl methyl sites for hydroxylation is 1. The fourth-order valence-corrected chi connectivity index (χ4v) is 2.79. The van der Waals surface area contributed by atoms with Crippen LogP contribution < -0.4 is 5.32 Å². The molecule has 0 saturated carbocycles. The largest absolute Gasteiger partial charge is 0.478 e. The van der Waals surface area contributed by atoms with Crippen LogP contribution in [0.25, 0.3) is 0 Å². The van der Waals surface area contributed by atoms with Crippen LogP contribution in [-0.2, 0) is 6.42 Å². The van der Waals surface area contributed by atoms with E-state index in [9.17, 15) is 9.18 Å². The number of carboxylic acids is 1. The summed E-state index contributed by atoms with van der Waals surface area (Å²) < 4.78 is 13.2. The Labute approximate surface area is 121 Å². The monoisotopic (exact) mass is 286 g/mol. The Kier molecular flexibility index (Phi) is 3.56. The maximum atomic E-state index is 13.2. The summed E-state index contributed by atoms with van der Waals surface area (Å²) in [7, 11) is 0. The van der Waals surface area contributed by atoms with Crippen LogP contribution in [0.3, 0.4) is 0 Å². The topological polar surface area (TPSA) is 62.2 Å². The van der Waals surface area contributed by atoms with Gasteiger partial charge in [0.2, 0.25) is 0 Å². The summed E-state index contributed by atoms with van der Waals surface area (Å²) in [5, 5.41) is 12.3. The molecule has 0 amide bonds. The van der Waals surface area contributed by atoms with E-state index >= 15 is 0 Å². The van der Waals surface area contributed by atoms with Crippen LogP contribution in [0.2, 0.25) is 0 Å². The van der Waals surface area contributed by atoms with Gasteiger partial charge in [-0.25, -0.2) is 14.2 Å². The Bertz CT molecular complexity index is 688. The van der Waals surface area contributed by atoms with Gasteiger partial charge in [-0.1, -0.05) is 24.3 Å². The van der Waals surface area contributed by atoms with E-state index in [1.165, 1.54) is 5.56 Å². The Hall–Kier alpha value is -2.43. The van der Waals surface area contributed by atoms with Gasteiger partial charge in [0.25, 0.3) is 0 Å². The van der Waals surface area contributed by atoms with Crippen LogP contribution in [-0.4, -0.2) is 16.1 Å². The zero-order valence-electron chi connectivity index (χ0n) is 11.3. The molecule has 21 heavy (non-hydrogen) atoms. The molecule has 5 heteroatoms. The predicted molar refractivity (Wildman–Crippen MR) is 76.9 cm³/mol. The number of nitrogens with zero attached hydrogens (tertiary/aromatic N) is 1. The summed E-state index contributed by atoms with van der Waals surface area (Å²) >= 11 is 0. The van der Waals surface area contributed by atoms with E-state index in [-0.39, 0.29) is 17.4 Å². The van der Waals surface area contributed by atoms with Crippen molar-refractivity contribution in [3.63, 3.8) is 0 Å². The molecule has 0 radical (unpaired) electrons. The molecule has 1 aliphatic rings. The molecular formula is C16H15FN2O2. The van der Waals surface area contributed by atoms with E-state index in [1.807, 2.05) is 18.2 Å². The summed E-state index contributed by atoms with van der Waals surface area (Å²) in [5.74, 6) is -1.62. The van der Waals surface area contributed by atoms with E-state index in [1.54, 1.807) is 0 Å². The highest BCUT2D eigenvalue weighted by molar-refractivity contribution is 5.93. The van der Waals surface area contributed by atoms with Crippen LogP contribution in [0.1, 0.15) is 40.4 Å². The number of carboxylic acid groups (broad SMARTS) is 1. The Balaban J connectivity index is 1.93. The highest BCUT2D eigenvalue weighted by Gasteiger charge is 2.22. The second kappa shape index (κ2) is 5.52. The number of anilines is 1. The lowest BCUT2D eigenvalue weighted by Crippen LogP contribution is -2.19. The molecular weight excluding hydrogens is 271 g/mol. The summed E-state index contributed by atoms with van der Waals surface area (Å²) in [6.45, 7) is 0. The molecule has 3 rings (SSSR count). The summed E-state index contributed by atoms with van der Waals surface area (Å²) in [5.41, 5.74) is 2.28. The molecule has 0 fully saturated rings. The second-order valence-corrected chi connectivity index (χ2v) is 5.14. The number of fused-ring (bicyclic) bond motifs is 1. The molecule has 2 aromatic rings.